The summed E-state index contributed by atoms with van der Waals surface area (Å²) in [5.74, 6) is -1.06. The Morgan fingerprint density at radius 2 is 2.10 bits per heavy atom. The molecule has 2 heterocycles. The molecule has 2 N–H and O–H groups in total. The van der Waals surface area contributed by atoms with Gasteiger partial charge in [-0.05, 0) is 47.3 Å². The minimum atomic E-state index is -3.71. The Bertz CT molecular complexity index is 642. The molecule has 7 nitrogen and oxygen atoms in total. The van der Waals surface area contributed by atoms with Crippen LogP contribution in [0.2, 0.25) is 0 Å². The first-order valence-corrected chi connectivity index (χ1v) is 8.66. The number of pyridine rings is 1. The van der Waals surface area contributed by atoms with Gasteiger partial charge in [-0.1, -0.05) is 0 Å². The molecule has 0 atom stereocenters. The summed E-state index contributed by atoms with van der Waals surface area (Å²) in [6.07, 6.45) is 2.16. The van der Waals surface area contributed by atoms with Crippen molar-refractivity contribution in [3.8, 4) is 0 Å². The molecule has 0 aromatic carbocycles. The maximum atomic E-state index is 12.3. The van der Waals surface area contributed by atoms with E-state index in [-0.39, 0.29) is 18.9 Å². The van der Waals surface area contributed by atoms with Gasteiger partial charge < -0.3 is 5.11 Å². The van der Waals surface area contributed by atoms with Crippen molar-refractivity contribution in [2.75, 3.05) is 17.8 Å². The number of halogens is 1. The van der Waals surface area contributed by atoms with Gasteiger partial charge in [0.2, 0.25) is 0 Å². The molecule has 1 fully saturated rings. The number of carboxylic acids is 1. The van der Waals surface area contributed by atoms with E-state index in [1.165, 1.54) is 10.5 Å². The molecular weight excluding hydrogens is 362 g/mol. The van der Waals surface area contributed by atoms with Crippen molar-refractivity contribution in [2.24, 2.45) is 5.92 Å². The highest BCUT2D eigenvalue weighted by Gasteiger charge is 2.31. The fourth-order valence-corrected chi connectivity index (χ4v) is 3.90. The summed E-state index contributed by atoms with van der Waals surface area (Å²) in [5.41, 5.74) is 0.702. The zero-order valence-electron chi connectivity index (χ0n) is 11.4. The summed E-state index contributed by atoms with van der Waals surface area (Å²) in [5, 5.41) is 8.93. The number of anilines is 1. The molecule has 2 rings (SSSR count). The Hall–Kier alpha value is -1.19. The van der Waals surface area contributed by atoms with Gasteiger partial charge in [0.25, 0.3) is 0 Å². The third kappa shape index (κ3) is 3.92. The predicted octanol–water partition coefficient (Wildman–Crippen LogP) is 1.61. The third-order valence-corrected chi connectivity index (χ3v) is 5.34. The van der Waals surface area contributed by atoms with Crippen molar-refractivity contribution in [1.29, 1.82) is 0 Å². The topological polar surface area (TPSA) is 99.6 Å². The number of carbonyl (C=O) groups is 1. The van der Waals surface area contributed by atoms with Crippen LogP contribution in [-0.2, 0) is 15.0 Å². The number of aromatic nitrogens is 1. The Kier molecular flexibility index (Phi) is 4.84. The van der Waals surface area contributed by atoms with Crippen LogP contribution in [-0.4, -0.2) is 41.9 Å². The van der Waals surface area contributed by atoms with E-state index in [4.69, 9.17) is 5.11 Å². The van der Waals surface area contributed by atoms with E-state index < -0.39 is 22.1 Å². The number of piperidine rings is 1. The zero-order valence-corrected chi connectivity index (χ0v) is 13.8. The molecule has 0 bridgehead atoms. The van der Waals surface area contributed by atoms with Crippen LogP contribution in [0.1, 0.15) is 18.4 Å². The SMILES string of the molecule is Cc1cc(Br)cnc1NS(=O)(=O)N1CCC(C(=O)O)CC1. The highest BCUT2D eigenvalue weighted by atomic mass is 79.9. The average Bonchev–Trinajstić information content (AvgIpc) is 2.42. The van der Waals surface area contributed by atoms with Crippen LogP contribution in [0.3, 0.4) is 0 Å². The summed E-state index contributed by atoms with van der Waals surface area (Å²) < 4.78 is 29.0. The third-order valence-electron chi connectivity index (χ3n) is 3.41. The molecular formula is C12H16BrN3O4S. The van der Waals surface area contributed by atoms with Gasteiger partial charge >= 0.3 is 16.2 Å². The zero-order chi connectivity index (χ0) is 15.6. The van der Waals surface area contributed by atoms with Gasteiger partial charge in [0.15, 0.2) is 0 Å². The molecule has 116 valence electrons. The number of hydrogen-bond acceptors (Lipinski definition) is 4. The number of nitrogens with one attached hydrogen (secondary N) is 1. The predicted molar refractivity (Wildman–Crippen MR) is 81.1 cm³/mol. The van der Waals surface area contributed by atoms with Gasteiger partial charge in [-0.2, -0.15) is 12.7 Å². The Morgan fingerprint density at radius 1 is 1.48 bits per heavy atom. The number of rotatable bonds is 4. The molecule has 0 radical (unpaired) electrons. The monoisotopic (exact) mass is 377 g/mol. The summed E-state index contributed by atoms with van der Waals surface area (Å²) in [4.78, 5) is 14.9. The average molecular weight is 378 g/mol. The summed E-state index contributed by atoms with van der Waals surface area (Å²) in [7, 11) is -3.71. The molecule has 1 aromatic heterocycles. The quantitative estimate of drug-likeness (QED) is 0.829. The number of aliphatic carboxylic acids is 1. The first kappa shape index (κ1) is 16.2. The molecule has 0 amide bonds. The molecule has 1 aliphatic rings. The van der Waals surface area contributed by atoms with Crippen LogP contribution < -0.4 is 4.72 Å². The lowest BCUT2D eigenvalue weighted by Gasteiger charge is -2.29. The number of hydrogen-bond donors (Lipinski definition) is 2. The van der Waals surface area contributed by atoms with Gasteiger partial charge in [-0.15, -0.1) is 0 Å². The van der Waals surface area contributed by atoms with E-state index in [2.05, 4.69) is 25.6 Å². The van der Waals surface area contributed by atoms with Crippen molar-refractivity contribution in [2.45, 2.75) is 19.8 Å². The first-order valence-electron chi connectivity index (χ1n) is 6.42. The lowest BCUT2D eigenvalue weighted by atomic mass is 9.99. The number of aryl methyl sites for hydroxylation is 1. The molecule has 0 unspecified atom stereocenters. The van der Waals surface area contributed by atoms with Crippen LogP contribution >= 0.6 is 15.9 Å². The maximum absolute atomic E-state index is 12.3. The molecule has 9 heteroatoms. The largest absolute Gasteiger partial charge is 0.481 e. The molecule has 1 saturated heterocycles. The first-order chi connectivity index (χ1) is 9.79. The van der Waals surface area contributed by atoms with Crippen molar-refractivity contribution in [1.82, 2.24) is 9.29 Å². The Balaban J connectivity index is 2.07. The van der Waals surface area contributed by atoms with E-state index in [1.807, 2.05) is 0 Å². The molecule has 1 aliphatic heterocycles. The lowest BCUT2D eigenvalue weighted by Crippen LogP contribution is -2.43. The lowest BCUT2D eigenvalue weighted by molar-refractivity contribution is -0.142. The second-order valence-electron chi connectivity index (χ2n) is 4.94. The normalized spacial score (nSPS) is 17.6. The molecule has 1 aromatic rings. The van der Waals surface area contributed by atoms with Gasteiger partial charge in [-0.3, -0.25) is 9.52 Å². The minimum Gasteiger partial charge on any atom is -0.481 e. The summed E-state index contributed by atoms with van der Waals surface area (Å²) in [6.45, 7) is 2.15. The highest BCUT2D eigenvalue weighted by Crippen LogP contribution is 2.22. The van der Waals surface area contributed by atoms with Crippen LogP contribution in [0, 0.1) is 12.8 Å². The van der Waals surface area contributed by atoms with Crippen LogP contribution in [0.5, 0.6) is 0 Å². The van der Waals surface area contributed by atoms with Gasteiger partial charge in [0.1, 0.15) is 5.82 Å². The van der Waals surface area contributed by atoms with Crippen LogP contribution in [0.4, 0.5) is 5.82 Å². The van der Waals surface area contributed by atoms with Gasteiger partial charge in [-0.25, -0.2) is 4.98 Å². The van der Waals surface area contributed by atoms with E-state index in [0.29, 0.717) is 18.4 Å². The van der Waals surface area contributed by atoms with Gasteiger partial charge in [0.05, 0.1) is 5.92 Å². The smallest absolute Gasteiger partial charge is 0.306 e. The fourth-order valence-electron chi connectivity index (χ4n) is 2.18. The highest BCUT2D eigenvalue weighted by molar-refractivity contribution is 9.10. The van der Waals surface area contributed by atoms with Crippen molar-refractivity contribution < 1.29 is 18.3 Å². The van der Waals surface area contributed by atoms with Crippen LogP contribution in [0.25, 0.3) is 0 Å². The fraction of sp³-hybridized carbons (Fsp3) is 0.500. The standard InChI is InChI=1S/C12H16BrN3O4S/c1-8-6-10(13)7-14-11(8)15-21(19,20)16-4-2-9(3-5-16)12(17)18/h6-7,9H,2-5H2,1H3,(H,14,15)(H,17,18). The van der Waals surface area contributed by atoms with Gasteiger partial charge in [0, 0.05) is 23.8 Å². The second kappa shape index (κ2) is 6.29. The minimum absolute atomic E-state index is 0.196. The Morgan fingerprint density at radius 3 is 2.62 bits per heavy atom. The second-order valence-corrected chi connectivity index (χ2v) is 7.52. The van der Waals surface area contributed by atoms with E-state index in [0.717, 1.165) is 4.47 Å². The van der Waals surface area contributed by atoms with Crippen molar-refractivity contribution in [3.05, 3.63) is 22.3 Å². The molecule has 0 saturated carbocycles. The van der Waals surface area contributed by atoms with E-state index in [9.17, 15) is 13.2 Å². The number of carboxylic acid groups (broad SMARTS) is 1. The molecule has 0 spiro atoms. The summed E-state index contributed by atoms with van der Waals surface area (Å²) >= 11 is 3.27. The van der Waals surface area contributed by atoms with Crippen LogP contribution in [0.15, 0.2) is 16.7 Å². The Labute approximate surface area is 131 Å². The molecule has 21 heavy (non-hydrogen) atoms. The summed E-state index contributed by atoms with van der Waals surface area (Å²) in [6, 6.07) is 1.77. The van der Waals surface area contributed by atoms with E-state index in [1.54, 1.807) is 13.0 Å². The van der Waals surface area contributed by atoms with Crippen molar-refractivity contribution in [3.63, 3.8) is 0 Å². The molecule has 0 aliphatic carbocycles. The van der Waals surface area contributed by atoms with E-state index >= 15 is 0 Å². The van der Waals surface area contributed by atoms with Crippen molar-refractivity contribution >= 4 is 37.9 Å². The number of nitrogens with zero attached hydrogens (tertiary/aromatic N) is 2. The maximum Gasteiger partial charge on any atom is 0.306 e.